The lowest BCUT2D eigenvalue weighted by molar-refractivity contribution is 0.497. The summed E-state index contributed by atoms with van der Waals surface area (Å²) in [7, 11) is -4.33. The first-order valence-electron chi connectivity index (χ1n) is 9.18. The van der Waals surface area contributed by atoms with Crippen LogP contribution in [0.1, 0.15) is 16.7 Å². The molecule has 0 spiro atoms. The van der Waals surface area contributed by atoms with Crippen molar-refractivity contribution < 1.29 is 26.0 Å². The van der Waals surface area contributed by atoms with E-state index in [9.17, 15) is 26.0 Å². The third kappa shape index (κ3) is 4.28. The molecule has 11 heteroatoms. The van der Waals surface area contributed by atoms with Gasteiger partial charge in [0.05, 0.1) is 12.2 Å². The highest BCUT2D eigenvalue weighted by Gasteiger charge is 2.32. The lowest BCUT2D eigenvalue weighted by Crippen LogP contribution is -2.41. The van der Waals surface area contributed by atoms with Crippen LogP contribution in [0.15, 0.2) is 58.4 Å². The molecule has 2 N–H and O–H groups in total. The highest BCUT2D eigenvalue weighted by atomic mass is 35.5. The zero-order valence-corrected chi connectivity index (χ0v) is 17.7. The van der Waals surface area contributed by atoms with Gasteiger partial charge in [0.25, 0.3) is 10.0 Å². The first-order chi connectivity index (χ1) is 15.2. The fraction of sp³-hybridized carbons (Fsp3) is 0.0952. The number of nitrogens with zero attached hydrogens (tertiary/aromatic N) is 1. The molecule has 32 heavy (non-hydrogen) atoms. The monoisotopic (exact) mass is 483 g/mol. The van der Waals surface area contributed by atoms with Crippen molar-refractivity contribution in [1.82, 2.24) is 4.72 Å². The van der Waals surface area contributed by atoms with Crippen molar-refractivity contribution in [1.29, 1.82) is 0 Å². The van der Waals surface area contributed by atoms with Gasteiger partial charge in [-0.3, -0.25) is 0 Å². The van der Waals surface area contributed by atoms with Gasteiger partial charge in [-0.1, -0.05) is 29.8 Å². The predicted molar refractivity (Wildman–Crippen MR) is 112 cm³/mol. The number of aliphatic imine (C=N–C) groups is 1. The lowest BCUT2D eigenvalue weighted by atomic mass is 10.0. The Kier molecular flexibility index (Phi) is 5.83. The minimum Gasteiger partial charge on any atom is -0.324 e. The number of benzene rings is 3. The second kappa shape index (κ2) is 8.44. The van der Waals surface area contributed by atoms with Crippen LogP contribution in [0.5, 0.6) is 0 Å². The maximum Gasteiger partial charge on any atom is 0.266 e. The normalized spacial score (nSPS) is 15.7. The summed E-state index contributed by atoms with van der Waals surface area (Å²) < 4.78 is 83.6. The summed E-state index contributed by atoms with van der Waals surface area (Å²) in [6.45, 7) is -0.409. The standard InChI is InChI=1S/C21H14ClF4N3O2S/c22-15-4-2-1-3-11(15)8-14-19(26)17(25)9-18-20(14)28-21(29-32(18,30)31)27-10-12-7-13(23)5-6-16(12)24/h1-7,9H,8,10H2,(H2,27,28,29). The van der Waals surface area contributed by atoms with Crippen LogP contribution in [0.4, 0.5) is 23.2 Å². The Morgan fingerprint density at radius 3 is 2.44 bits per heavy atom. The molecule has 4 rings (SSSR count). The smallest absolute Gasteiger partial charge is 0.266 e. The van der Waals surface area contributed by atoms with Crippen LogP contribution in [-0.4, -0.2) is 14.4 Å². The van der Waals surface area contributed by atoms with Crippen molar-refractivity contribution in [3.8, 4) is 0 Å². The van der Waals surface area contributed by atoms with E-state index in [1.165, 1.54) is 0 Å². The molecule has 0 fully saturated rings. The number of rotatable bonds is 4. The summed E-state index contributed by atoms with van der Waals surface area (Å²) in [4.78, 5) is 3.41. The van der Waals surface area contributed by atoms with Gasteiger partial charge in [0.15, 0.2) is 11.6 Å². The molecule has 0 saturated heterocycles. The van der Waals surface area contributed by atoms with Gasteiger partial charge >= 0.3 is 0 Å². The summed E-state index contributed by atoms with van der Waals surface area (Å²) in [6.07, 6.45) is -0.208. The van der Waals surface area contributed by atoms with Crippen LogP contribution in [0.25, 0.3) is 0 Å². The third-order valence-corrected chi connectivity index (χ3v) is 6.52. The summed E-state index contributed by atoms with van der Waals surface area (Å²) in [6, 6.07) is 9.79. The molecule has 166 valence electrons. The highest BCUT2D eigenvalue weighted by Crippen LogP contribution is 2.35. The van der Waals surface area contributed by atoms with Crippen molar-refractivity contribution in [3.63, 3.8) is 0 Å². The summed E-state index contributed by atoms with van der Waals surface area (Å²) in [5, 5.41) is 2.92. The minimum absolute atomic E-state index is 0.120. The molecule has 1 aliphatic rings. The highest BCUT2D eigenvalue weighted by molar-refractivity contribution is 7.90. The molecule has 0 amide bonds. The van der Waals surface area contributed by atoms with Crippen molar-refractivity contribution in [3.05, 3.63) is 93.5 Å². The Morgan fingerprint density at radius 2 is 1.69 bits per heavy atom. The van der Waals surface area contributed by atoms with Crippen molar-refractivity contribution in [2.45, 2.75) is 17.9 Å². The van der Waals surface area contributed by atoms with Gasteiger partial charge < -0.3 is 5.32 Å². The van der Waals surface area contributed by atoms with Crippen LogP contribution in [-0.2, 0) is 23.0 Å². The number of hydrogen-bond donors (Lipinski definition) is 2. The molecular formula is C21H14ClF4N3O2S. The van der Waals surface area contributed by atoms with Gasteiger partial charge in [-0.25, -0.2) is 35.7 Å². The molecule has 1 heterocycles. The van der Waals surface area contributed by atoms with Crippen molar-refractivity contribution >= 4 is 33.3 Å². The van der Waals surface area contributed by atoms with Gasteiger partial charge in [-0.15, -0.1) is 0 Å². The van der Waals surface area contributed by atoms with E-state index in [-0.39, 0.29) is 34.2 Å². The van der Waals surface area contributed by atoms with E-state index in [1.54, 1.807) is 24.3 Å². The molecule has 0 radical (unpaired) electrons. The van der Waals surface area contributed by atoms with Crippen molar-refractivity contribution in [2.24, 2.45) is 4.99 Å². The first kappa shape index (κ1) is 22.1. The SMILES string of the molecule is O=S1(=O)NC(=NCc2cc(F)ccc2F)Nc2c1cc(F)c(F)c2Cc1ccccc1Cl. The summed E-state index contributed by atoms with van der Waals surface area (Å²) >= 11 is 6.12. The Morgan fingerprint density at radius 1 is 0.938 bits per heavy atom. The van der Waals surface area contributed by atoms with Gasteiger partial charge in [-0.05, 0) is 35.9 Å². The number of hydrogen-bond acceptors (Lipinski definition) is 3. The van der Waals surface area contributed by atoms with E-state index < -0.39 is 44.7 Å². The Hall–Kier alpha value is -3.11. The predicted octanol–water partition coefficient (Wildman–Crippen LogP) is 4.75. The van der Waals surface area contributed by atoms with Gasteiger partial charge in [0.2, 0.25) is 5.96 Å². The average molecular weight is 484 g/mol. The third-order valence-electron chi connectivity index (χ3n) is 4.78. The summed E-state index contributed by atoms with van der Waals surface area (Å²) in [5.74, 6) is -4.37. The van der Waals surface area contributed by atoms with E-state index in [0.717, 1.165) is 18.2 Å². The number of guanidine groups is 1. The quantitative estimate of drug-likeness (QED) is 0.526. The van der Waals surface area contributed by atoms with Crippen molar-refractivity contribution in [2.75, 3.05) is 5.32 Å². The number of nitrogens with one attached hydrogen (secondary N) is 2. The number of fused-ring (bicyclic) bond motifs is 1. The van der Waals surface area contributed by atoms with E-state index in [0.29, 0.717) is 11.6 Å². The van der Waals surface area contributed by atoms with Gasteiger partial charge in [0, 0.05) is 22.6 Å². The fourth-order valence-corrected chi connectivity index (χ4v) is 4.61. The average Bonchev–Trinajstić information content (AvgIpc) is 2.74. The first-order valence-corrected chi connectivity index (χ1v) is 11.0. The Balaban J connectivity index is 1.77. The minimum atomic E-state index is -4.33. The number of anilines is 1. The molecule has 0 aliphatic carbocycles. The molecule has 0 saturated carbocycles. The topological polar surface area (TPSA) is 70.6 Å². The molecule has 0 aromatic heterocycles. The molecule has 0 bridgehead atoms. The Labute approximate surface area is 185 Å². The summed E-state index contributed by atoms with van der Waals surface area (Å²) in [5.41, 5.74) is -0.173. The maximum absolute atomic E-state index is 14.7. The zero-order chi connectivity index (χ0) is 23.0. The molecule has 0 unspecified atom stereocenters. The second-order valence-electron chi connectivity index (χ2n) is 6.92. The number of halogens is 5. The van der Waals surface area contributed by atoms with E-state index >= 15 is 0 Å². The lowest BCUT2D eigenvalue weighted by Gasteiger charge is -2.25. The van der Waals surface area contributed by atoms with Gasteiger partial charge in [0.1, 0.15) is 16.5 Å². The van der Waals surface area contributed by atoms with Crippen LogP contribution in [0.2, 0.25) is 5.02 Å². The molecular weight excluding hydrogens is 470 g/mol. The maximum atomic E-state index is 14.7. The van der Waals surface area contributed by atoms with Crippen LogP contribution in [0.3, 0.4) is 0 Å². The van der Waals surface area contributed by atoms with E-state index in [4.69, 9.17) is 11.6 Å². The molecule has 5 nitrogen and oxygen atoms in total. The molecule has 3 aromatic carbocycles. The van der Waals surface area contributed by atoms with E-state index in [2.05, 4.69) is 15.0 Å². The fourth-order valence-electron chi connectivity index (χ4n) is 3.23. The molecule has 0 atom stereocenters. The zero-order valence-electron chi connectivity index (χ0n) is 16.1. The van der Waals surface area contributed by atoms with Crippen LogP contribution < -0.4 is 10.0 Å². The van der Waals surface area contributed by atoms with E-state index in [1.807, 2.05) is 0 Å². The number of sulfonamides is 1. The second-order valence-corrected chi connectivity index (χ2v) is 8.98. The Bertz CT molecular complexity index is 1360. The van der Waals surface area contributed by atoms with Crippen LogP contribution in [0, 0.1) is 23.3 Å². The largest absolute Gasteiger partial charge is 0.324 e. The molecule has 1 aliphatic heterocycles. The van der Waals surface area contributed by atoms with Gasteiger partial charge in [-0.2, -0.15) is 0 Å². The molecule has 3 aromatic rings. The van der Waals surface area contributed by atoms with Crippen LogP contribution >= 0.6 is 11.6 Å².